The van der Waals surface area contributed by atoms with Gasteiger partial charge in [-0.25, -0.2) is 9.59 Å². The van der Waals surface area contributed by atoms with Gasteiger partial charge in [0.25, 0.3) is 5.56 Å². The van der Waals surface area contributed by atoms with E-state index in [2.05, 4.69) is 10.1 Å². The van der Waals surface area contributed by atoms with Crippen LogP contribution in [-0.4, -0.2) is 63.4 Å². The Labute approximate surface area is 146 Å². The van der Waals surface area contributed by atoms with Gasteiger partial charge in [0.15, 0.2) is 6.23 Å². The molecule has 0 aromatic carbocycles. The fraction of sp³-hybridized carbons (Fsp3) is 0.500. The summed E-state index contributed by atoms with van der Waals surface area (Å²) in [6.45, 7) is -0.348. The molecule has 1 aliphatic rings. The molecular weight excluding hydrogens is 375 g/mol. The largest absolute Gasteiger partial charge is 0.462 e. The van der Waals surface area contributed by atoms with Crippen LogP contribution in [-0.2, 0) is 23.6 Å². The lowest BCUT2D eigenvalue weighted by atomic mass is 10.1. The van der Waals surface area contributed by atoms with Gasteiger partial charge in [-0.05, 0) is 0 Å². The number of aromatic amines is 1. The Morgan fingerprint density at radius 2 is 2.19 bits per heavy atom. The summed E-state index contributed by atoms with van der Waals surface area (Å²) in [6, 6.07) is -0.228. The third kappa shape index (κ3) is 4.52. The number of H-pyrrole nitrogens is 1. The normalized spacial score (nSPS) is 26.3. The lowest BCUT2D eigenvalue weighted by molar-refractivity contribution is -0.153. The van der Waals surface area contributed by atoms with E-state index in [0.29, 0.717) is 0 Å². The zero-order chi connectivity index (χ0) is 19.4. The van der Waals surface area contributed by atoms with Crippen molar-refractivity contribution in [3.05, 3.63) is 33.1 Å². The number of carbonyl (C=O) groups excluding carboxylic acids is 2. The number of ether oxygens (including phenoxy) is 2. The van der Waals surface area contributed by atoms with Crippen molar-refractivity contribution in [3.63, 3.8) is 0 Å². The number of hydrogen-bond acceptors (Lipinski definition) is 10. The smallest absolute Gasteiger partial charge is 0.396 e. The molecule has 0 radical (unpaired) electrons. The Bertz CT molecular complexity index is 778. The zero-order valence-electron chi connectivity index (χ0n) is 13.4. The van der Waals surface area contributed by atoms with Crippen LogP contribution in [0.4, 0.5) is 0 Å². The highest BCUT2D eigenvalue weighted by atomic mass is 31.2. The summed E-state index contributed by atoms with van der Waals surface area (Å²) in [5.74, 6) is -2.39. The van der Waals surface area contributed by atoms with Gasteiger partial charge in [-0.3, -0.25) is 24.6 Å². The van der Waals surface area contributed by atoms with Crippen LogP contribution in [0.2, 0.25) is 0 Å². The standard InChI is InChI=1S/C12H17N4O9P/c1-23-11(20)9(19)15-7-8(18)5(4-24-26(13)22)25-10(7)16-3-2-6(17)14-12(16)21/h2-3,5,7-8,10,18,22H,4,13H2,1H3,(H,15,19)(H,14,17,21)/t5-,7-,8-,10-,26?/m1/s1. The Kier molecular flexibility index (Phi) is 6.58. The fourth-order valence-corrected chi connectivity index (χ4v) is 2.66. The highest BCUT2D eigenvalue weighted by Crippen LogP contribution is 2.31. The molecule has 2 heterocycles. The Hall–Kier alpha value is -2.15. The van der Waals surface area contributed by atoms with E-state index in [-0.39, 0.29) is 6.61 Å². The SMILES string of the molecule is COC(=O)C(=O)N[C@@H]1[C@H](O)[C@@H](COP(N)O)O[C@H]1n1ccc(=O)[nH]c1=O. The molecule has 1 amide bonds. The van der Waals surface area contributed by atoms with E-state index in [1.165, 1.54) is 0 Å². The van der Waals surface area contributed by atoms with Crippen LogP contribution in [0, 0.1) is 0 Å². The molecule has 1 aromatic heterocycles. The van der Waals surface area contributed by atoms with Gasteiger partial charge in [0.05, 0.1) is 13.7 Å². The molecule has 0 aliphatic carbocycles. The molecule has 144 valence electrons. The van der Waals surface area contributed by atoms with E-state index in [4.69, 9.17) is 19.7 Å². The van der Waals surface area contributed by atoms with Gasteiger partial charge in [-0.2, -0.15) is 0 Å². The molecule has 2 rings (SSSR count). The summed E-state index contributed by atoms with van der Waals surface area (Å²) in [6.07, 6.45) is -2.70. The Balaban J connectivity index is 2.31. The molecule has 1 fully saturated rings. The number of amides is 1. The number of aliphatic hydroxyl groups is 1. The second kappa shape index (κ2) is 8.49. The molecule has 1 unspecified atom stereocenters. The predicted molar refractivity (Wildman–Crippen MR) is 84.5 cm³/mol. The first kappa shape index (κ1) is 20.2. The quantitative estimate of drug-likeness (QED) is 0.192. The van der Waals surface area contributed by atoms with Gasteiger partial charge in [-0.15, -0.1) is 0 Å². The van der Waals surface area contributed by atoms with Crippen molar-refractivity contribution in [3.8, 4) is 0 Å². The van der Waals surface area contributed by atoms with Crippen LogP contribution >= 0.6 is 8.53 Å². The molecule has 26 heavy (non-hydrogen) atoms. The molecule has 1 aliphatic heterocycles. The van der Waals surface area contributed by atoms with Gasteiger partial charge in [-0.1, -0.05) is 0 Å². The highest BCUT2D eigenvalue weighted by Gasteiger charge is 2.46. The summed E-state index contributed by atoms with van der Waals surface area (Å²) in [7, 11) is -1.23. The maximum atomic E-state index is 12.0. The monoisotopic (exact) mass is 392 g/mol. The molecule has 13 nitrogen and oxygen atoms in total. The van der Waals surface area contributed by atoms with E-state index >= 15 is 0 Å². The second-order valence-electron chi connectivity index (χ2n) is 5.16. The maximum absolute atomic E-state index is 12.0. The minimum Gasteiger partial charge on any atom is -0.462 e. The molecule has 14 heteroatoms. The van der Waals surface area contributed by atoms with Gasteiger partial charge in [0.2, 0.25) is 8.53 Å². The summed E-state index contributed by atoms with van der Waals surface area (Å²) < 4.78 is 15.5. The molecule has 0 spiro atoms. The molecular formula is C12H17N4O9P. The highest BCUT2D eigenvalue weighted by molar-refractivity contribution is 7.43. The van der Waals surface area contributed by atoms with Crippen molar-refractivity contribution in [2.45, 2.75) is 24.5 Å². The van der Waals surface area contributed by atoms with E-state index in [1.807, 2.05) is 4.98 Å². The number of esters is 1. The zero-order valence-corrected chi connectivity index (χ0v) is 14.3. The predicted octanol–water partition coefficient (Wildman–Crippen LogP) is -3.35. The third-order valence-electron chi connectivity index (χ3n) is 3.54. The van der Waals surface area contributed by atoms with Crippen molar-refractivity contribution >= 4 is 20.4 Å². The lowest BCUT2D eigenvalue weighted by Gasteiger charge is -2.22. The van der Waals surface area contributed by atoms with E-state index in [0.717, 1.165) is 23.9 Å². The first-order chi connectivity index (χ1) is 12.2. The van der Waals surface area contributed by atoms with Crippen LogP contribution < -0.4 is 22.1 Å². The fourth-order valence-electron chi connectivity index (χ4n) is 2.36. The van der Waals surface area contributed by atoms with Gasteiger partial charge in [0, 0.05) is 12.3 Å². The number of carbonyl (C=O) groups is 2. The van der Waals surface area contributed by atoms with Crippen LogP contribution in [0.25, 0.3) is 0 Å². The van der Waals surface area contributed by atoms with Gasteiger partial charge < -0.3 is 29.3 Å². The Morgan fingerprint density at radius 3 is 2.77 bits per heavy atom. The number of nitrogens with one attached hydrogen (secondary N) is 2. The number of methoxy groups -OCH3 is 1. The number of aromatic nitrogens is 2. The molecule has 1 aromatic rings. The van der Waals surface area contributed by atoms with Gasteiger partial charge in [0.1, 0.15) is 18.2 Å². The van der Waals surface area contributed by atoms with Crippen molar-refractivity contribution in [2.24, 2.45) is 5.50 Å². The molecule has 5 atom stereocenters. The topological polar surface area (TPSA) is 195 Å². The van der Waals surface area contributed by atoms with Gasteiger partial charge >= 0.3 is 17.6 Å². The van der Waals surface area contributed by atoms with Crippen molar-refractivity contribution < 1.29 is 33.6 Å². The van der Waals surface area contributed by atoms with Crippen LogP contribution in [0.5, 0.6) is 0 Å². The molecule has 0 bridgehead atoms. The van der Waals surface area contributed by atoms with E-state index < -0.39 is 56.1 Å². The van der Waals surface area contributed by atoms with Crippen LogP contribution in [0.1, 0.15) is 6.23 Å². The maximum Gasteiger partial charge on any atom is 0.396 e. The summed E-state index contributed by atoms with van der Waals surface area (Å²) in [4.78, 5) is 57.3. The first-order valence-electron chi connectivity index (χ1n) is 7.15. The number of nitrogens with zero attached hydrogens (tertiary/aromatic N) is 1. The Morgan fingerprint density at radius 1 is 1.50 bits per heavy atom. The summed E-state index contributed by atoms with van der Waals surface area (Å²) in [5, 5.41) is 12.6. The number of aliphatic hydroxyl groups excluding tert-OH is 1. The molecule has 6 N–H and O–H groups in total. The van der Waals surface area contributed by atoms with Crippen LogP contribution in [0.15, 0.2) is 21.9 Å². The summed E-state index contributed by atoms with van der Waals surface area (Å²) >= 11 is 0. The molecule has 1 saturated heterocycles. The van der Waals surface area contributed by atoms with E-state index in [1.54, 1.807) is 0 Å². The first-order valence-corrected chi connectivity index (χ1v) is 8.43. The minimum atomic E-state index is -2.23. The number of hydrogen-bond donors (Lipinski definition) is 5. The van der Waals surface area contributed by atoms with Crippen molar-refractivity contribution in [1.82, 2.24) is 14.9 Å². The van der Waals surface area contributed by atoms with Crippen molar-refractivity contribution in [1.29, 1.82) is 0 Å². The third-order valence-corrected chi connectivity index (χ3v) is 3.95. The summed E-state index contributed by atoms with van der Waals surface area (Å²) in [5.41, 5.74) is 3.59. The van der Waals surface area contributed by atoms with Crippen LogP contribution in [0.3, 0.4) is 0 Å². The molecule has 0 saturated carbocycles. The van der Waals surface area contributed by atoms with Crippen molar-refractivity contribution in [2.75, 3.05) is 13.7 Å². The minimum absolute atomic E-state index is 0.348. The number of rotatable bonds is 5. The number of nitrogens with two attached hydrogens (primary N) is 1. The second-order valence-corrected chi connectivity index (χ2v) is 6.03. The average molecular weight is 392 g/mol. The average Bonchev–Trinajstić information content (AvgIpc) is 2.88. The lowest BCUT2D eigenvalue weighted by Crippen LogP contribution is -2.50. The van der Waals surface area contributed by atoms with E-state index in [9.17, 15) is 24.3 Å².